The monoisotopic (exact) mass is 510 g/mol. The Labute approximate surface area is 205 Å². The van der Waals surface area contributed by atoms with Crippen LogP contribution >= 0.6 is 0 Å². The minimum absolute atomic E-state index is 0. The van der Waals surface area contributed by atoms with Crippen molar-refractivity contribution in [3.05, 3.63) is 58.9 Å². The molecule has 151 valence electrons. The van der Waals surface area contributed by atoms with E-state index in [9.17, 15) is 0 Å². The van der Waals surface area contributed by atoms with Crippen molar-refractivity contribution in [2.24, 2.45) is 0 Å². The number of fused-ring (bicyclic) bond motifs is 1. The van der Waals surface area contributed by atoms with Gasteiger partial charge in [0.2, 0.25) is 0 Å². The fraction of sp³-hybridized carbons (Fsp3) is 0.478. The molecule has 0 unspecified atom stereocenters. The molecule has 28 heavy (non-hydrogen) atoms. The zero-order valence-electron chi connectivity index (χ0n) is 18.3. The van der Waals surface area contributed by atoms with E-state index in [1.54, 1.807) is 0 Å². The Bertz CT molecular complexity index is 793. The van der Waals surface area contributed by atoms with Gasteiger partial charge in [0.25, 0.3) is 0 Å². The van der Waals surface area contributed by atoms with Crippen LogP contribution in [0.3, 0.4) is 0 Å². The number of halogens is 2. The van der Waals surface area contributed by atoms with Gasteiger partial charge in [-0.15, -0.1) is 35.2 Å². The molecule has 0 bridgehead atoms. The van der Waals surface area contributed by atoms with Crippen LogP contribution in [0.4, 0.5) is 0 Å². The van der Waals surface area contributed by atoms with Gasteiger partial charge in [0.1, 0.15) is 0 Å². The second-order valence-corrected chi connectivity index (χ2v) is 11.6. The molecule has 3 rings (SSSR count). The van der Waals surface area contributed by atoms with Crippen LogP contribution in [0.1, 0.15) is 59.1 Å². The Morgan fingerprint density at radius 3 is 1.96 bits per heavy atom. The summed E-state index contributed by atoms with van der Waals surface area (Å²) in [5.74, 6) is 0. The van der Waals surface area contributed by atoms with E-state index in [-0.39, 0.29) is 70.6 Å². The third-order valence-corrected chi connectivity index (χ3v) is 5.85. The van der Waals surface area contributed by atoms with E-state index in [1.165, 1.54) is 27.2 Å². The van der Waals surface area contributed by atoms with Crippen LogP contribution in [0.2, 0.25) is 13.1 Å². The molecule has 5 heteroatoms. The molecule has 2 aromatic rings. The SMILES string of the molecule is CC(C)(C)c1[c-][nH]c2cccc(C(C)(C)C)c12.C[Si](C)C1=[C-]CC=C1.[Cl-].[Cl-].[Zr+4]. The van der Waals surface area contributed by atoms with Crippen LogP contribution in [0.25, 0.3) is 10.9 Å². The number of hydrogen-bond donors (Lipinski definition) is 1. The van der Waals surface area contributed by atoms with Crippen molar-refractivity contribution in [1.82, 2.24) is 4.98 Å². The zero-order chi connectivity index (χ0) is 18.8. The minimum Gasteiger partial charge on any atom is -1.00 e. The van der Waals surface area contributed by atoms with Crippen LogP contribution in [-0.4, -0.2) is 13.8 Å². The summed E-state index contributed by atoms with van der Waals surface area (Å²) in [6.07, 6.45) is 12.1. The average molecular weight is 513 g/mol. The fourth-order valence-electron chi connectivity index (χ4n) is 3.05. The summed E-state index contributed by atoms with van der Waals surface area (Å²) >= 11 is 0. The maximum absolute atomic E-state index is 3.34. The maximum atomic E-state index is 3.34. The second-order valence-electron chi connectivity index (χ2n) is 9.05. The van der Waals surface area contributed by atoms with Crippen molar-refractivity contribution in [3.63, 3.8) is 0 Å². The largest absolute Gasteiger partial charge is 4.00 e. The number of aromatic amines is 1. The van der Waals surface area contributed by atoms with E-state index in [0.717, 1.165) is 6.42 Å². The van der Waals surface area contributed by atoms with Crippen molar-refractivity contribution in [2.75, 3.05) is 0 Å². The molecule has 0 atom stereocenters. The van der Waals surface area contributed by atoms with E-state index in [4.69, 9.17) is 0 Å². The summed E-state index contributed by atoms with van der Waals surface area (Å²) in [6, 6.07) is 6.50. The van der Waals surface area contributed by atoms with Crippen LogP contribution in [0, 0.1) is 12.3 Å². The number of allylic oxidation sites excluding steroid dienone is 4. The van der Waals surface area contributed by atoms with Gasteiger partial charge >= 0.3 is 26.2 Å². The Hall–Kier alpha value is -0.0800. The number of aromatic nitrogens is 1. The van der Waals surface area contributed by atoms with Gasteiger partial charge in [-0.2, -0.15) is 6.08 Å². The quantitative estimate of drug-likeness (QED) is 0.424. The van der Waals surface area contributed by atoms with Crippen LogP contribution in [-0.2, 0) is 37.0 Å². The molecule has 1 aromatic heterocycles. The van der Waals surface area contributed by atoms with Gasteiger partial charge in [0.05, 0.1) is 0 Å². The molecule has 1 N–H and O–H groups in total. The number of nitrogens with one attached hydrogen (secondary N) is 1. The first kappa shape index (κ1) is 30.1. The molecule has 0 saturated heterocycles. The Balaban J connectivity index is 0. The number of hydrogen-bond acceptors (Lipinski definition) is 0. The topological polar surface area (TPSA) is 15.8 Å². The number of H-pyrrole nitrogens is 1. The molecule has 0 fully saturated rings. The molecule has 1 radical (unpaired) electrons. The molecule has 0 spiro atoms. The van der Waals surface area contributed by atoms with E-state index in [1.807, 2.05) is 0 Å². The van der Waals surface area contributed by atoms with Crippen molar-refractivity contribution < 1.29 is 51.0 Å². The van der Waals surface area contributed by atoms with Crippen LogP contribution < -0.4 is 24.8 Å². The summed E-state index contributed by atoms with van der Waals surface area (Å²) in [5, 5.41) is 2.82. The molecular weight excluding hydrogens is 480 g/mol. The van der Waals surface area contributed by atoms with Crippen molar-refractivity contribution in [3.8, 4) is 0 Å². The summed E-state index contributed by atoms with van der Waals surface area (Å²) in [6.45, 7) is 18.1. The van der Waals surface area contributed by atoms with Gasteiger partial charge in [-0.1, -0.05) is 72.3 Å². The Kier molecular flexibility index (Phi) is 12.8. The van der Waals surface area contributed by atoms with Gasteiger partial charge < -0.3 is 29.8 Å². The standard InChI is InChI=1S/C16H22N.C7H10Si.2ClH.Zr/c1-15(2,3)11-8-7-9-13-14(11)12(10-17-13)16(4,5)6;1-8(2)7-5-3-4-6-7;;;/h7-9,17H,1-6H3;3,5H,4H2,1-2H3;2*1H;/q2*-1;;;+4/p-2. The summed E-state index contributed by atoms with van der Waals surface area (Å²) in [7, 11) is -0.194. The molecule has 0 saturated carbocycles. The van der Waals surface area contributed by atoms with E-state index in [2.05, 4.69) is 102 Å². The summed E-state index contributed by atoms with van der Waals surface area (Å²) in [5.41, 5.74) is 4.17. The second kappa shape index (κ2) is 11.9. The van der Waals surface area contributed by atoms with Gasteiger partial charge in [-0.25, -0.2) is 11.3 Å². The summed E-state index contributed by atoms with van der Waals surface area (Å²) < 4.78 is 0. The predicted octanol–water partition coefficient (Wildman–Crippen LogP) is 0.538. The molecule has 1 heterocycles. The zero-order valence-corrected chi connectivity index (χ0v) is 23.3. The number of rotatable bonds is 1. The van der Waals surface area contributed by atoms with Crippen LogP contribution in [0.15, 0.2) is 35.5 Å². The minimum atomic E-state index is -0.194. The van der Waals surface area contributed by atoms with E-state index < -0.39 is 0 Å². The third-order valence-electron chi connectivity index (χ3n) is 4.43. The average Bonchev–Trinajstić information content (AvgIpc) is 3.15. The normalized spacial score (nSPS) is 13.1. The van der Waals surface area contributed by atoms with Gasteiger partial charge in [0, 0.05) is 8.80 Å². The molecule has 0 aliphatic heterocycles. The molecule has 1 nitrogen and oxygen atoms in total. The van der Waals surface area contributed by atoms with Gasteiger partial charge in [0.15, 0.2) is 0 Å². The van der Waals surface area contributed by atoms with Crippen LogP contribution in [0.5, 0.6) is 0 Å². The van der Waals surface area contributed by atoms with Gasteiger partial charge in [-0.05, 0) is 10.8 Å². The van der Waals surface area contributed by atoms with Crippen molar-refractivity contribution in [2.45, 2.75) is 71.9 Å². The maximum Gasteiger partial charge on any atom is 4.00 e. The fourth-order valence-corrected chi connectivity index (χ4v) is 3.96. The first-order valence-corrected chi connectivity index (χ1v) is 11.6. The van der Waals surface area contributed by atoms with Gasteiger partial charge in [-0.3, -0.25) is 6.08 Å². The number of benzene rings is 1. The van der Waals surface area contributed by atoms with Crippen molar-refractivity contribution >= 4 is 19.7 Å². The first-order valence-electron chi connectivity index (χ1n) is 9.13. The summed E-state index contributed by atoms with van der Waals surface area (Å²) in [4.78, 5) is 3.28. The third kappa shape index (κ3) is 7.63. The Morgan fingerprint density at radius 1 is 0.964 bits per heavy atom. The smallest absolute Gasteiger partial charge is 1.00 e. The first-order chi connectivity index (χ1) is 11.5. The molecule has 1 aliphatic carbocycles. The predicted molar refractivity (Wildman–Crippen MR) is 113 cm³/mol. The Morgan fingerprint density at radius 2 is 1.57 bits per heavy atom. The molecule has 1 aliphatic rings. The van der Waals surface area contributed by atoms with Crippen molar-refractivity contribution in [1.29, 1.82) is 0 Å². The molecule has 1 aromatic carbocycles. The molecular formula is C23H32Cl2NSiZr. The van der Waals surface area contributed by atoms with E-state index >= 15 is 0 Å². The van der Waals surface area contributed by atoms with E-state index in [0.29, 0.717) is 0 Å². The molecule has 0 amide bonds.